The van der Waals surface area contributed by atoms with Gasteiger partial charge in [-0.05, 0) is 43.0 Å². The Hall–Kier alpha value is -1.55. The van der Waals surface area contributed by atoms with E-state index in [1.807, 2.05) is 0 Å². The van der Waals surface area contributed by atoms with Crippen LogP contribution in [0.3, 0.4) is 0 Å². The first-order chi connectivity index (χ1) is 12.7. The summed E-state index contributed by atoms with van der Waals surface area (Å²) in [5.41, 5.74) is 1.35. The molecule has 0 bridgehead atoms. The monoisotopic (exact) mass is 356 g/mol. The molecule has 2 aliphatic heterocycles. The Balaban J connectivity index is 1.38. The summed E-state index contributed by atoms with van der Waals surface area (Å²) >= 11 is 0. The van der Waals surface area contributed by atoms with Gasteiger partial charge in [-0.2, -0.15) is 0 Å². The SMILES string of the molecule is COc1ccc([C@@H]2[C@@H]3CN(C(=O)CCC4CCCC4)C[C@@H]3CN2C)cc1. The number of rotatable bonds is 5. The van der Waals surface area contributed by atoms with Crippen molar-refractivity contribution in [3.8, 4) is 5.75 Å². The zero-order valence-electron chi connectivity index (χ0n) is 16.2. The highest BCUT2D eigenvalue weighted by molar-refractivity contribution is 5.76. The van der Waals surface area contributed by atoms with Crippen LogP contribution >= 0.6 is 0 Å². The van der Waals surface area contributed by atoms with E-state index in [-0.39, 0.29) is 0 Å². The maximum Gasteiger partial charge on any atom is 0.222 e. The molecule has 4 nitrogen and oxygen atoms in total. The molecule has 0 unspecified atom stereocenters. The van der Waals surface area contributed by atoms with Gasteiger partial charge in [0.1, 0.15) is 5.75 Å². The summed E-state index contributed by atoms with van der Waals surface area (Å²) in [6.45, 7) is 2.97. The van der Waals surface area contributed by atoms with Crippen LogP contribution in [0, 0.1) is 17.8 Å². The van der Waals surface area contributed by atoms with Gasteiger partial charge in [0.25, 0.3) is 0 Å². The van der Waals surface area contributed by atoms with Crippen LogP contribution in [0.25, 0.3) is 0 Å². The Morgan fingerprint density at radius 3 is 2.54 bits per heavy atom. The summed E-state index contributed by atoms with van der Waals surface area (Å²) in [6, 6.07) is 8.89. The van der Waals surface area contributed by atoms with Crippen LogP contribution in [-0.2, 0) is 4.79 Å². The summed E-state index contributed by atoms with van der Waals surface area (Å²) in [6.07, 6.45) is 7.26. The van der Waals surface area contributed by atoms with Crippen molar-refractivity contribution in [2.24, 2.45) is 17.8 Å². The lowest BCUT2D eigenvalue weighted by Crippen LogP contribution is -2.33. The molecule has 3 aliphatic rings. The van der Waals surface area contributed by atoms with E-state index in [9.17, 15) is 4.79 Å². The topological polar surface area (TPSA) is 32.8 Å². The largest absolute Gasteiger partial charge is 0.497 e. The van der Waals surface area contributed by atoms with E-state index >= 15 is 0 Å². The molecular weight excluding hydrogens is 324 g/mol. The second kappa shape index (κ2) is 7.59. The summed E-state index contributed by atoms with van der Waals surface area (Å²) in [5.74, 6) is 3.27. The third-order valence-corrected chi connectivity index (χ3v) is 6.95. The van der Waals surface area contributed by atoms with Gasteiger partial charge in [-0.3, -0.25) is 9.69 Å². The van der Waals surface area contributed by atoms with Crippen molar-refractivity contribution >= 4 is 5.91 Å². The van der Waals surface area contributed by atoms with Crippen LogP contribution in [0.4, 0.5) is 0 Å². The number of likely N-dealkylation sites (tertiary alicyclic amines) is 2. The summed E-state index contributed by atoms with van der Waals surface area (Å²) in [5, 5.41) is 0. The molecule has 1 aliphatic carbocycles. The molecule has 142 valence electrons. The predicted octanol–water partition coefficient (Wildman–Crippen LogP) is 3.73. The molecule has 2 saturated heterocycles. The fourth-order valence-electron chi connectivity index (χ4n) is 5.55. The van der Waals surface area contributed by atoms with Gasteiger partial charge in [0, 0.05) is 38.0 Å². The van der Waals surface area contributed by atoms with Crippen molar-refractivity contribution in [1.82, 2.24) is 9.80 Å². The number of hydrogen-bond acceptors (Lipinski definition) is 3. The van der Waals surface area contributed by atoms with Gasteiger partial charge >= 0.3 is 0 Å². The number of methoxy groups -OCH3 is 1. The lowest BCUT2D eigenvalue weighted by Gasteiger charge is -2.27. The highest BCUT2D eigenvalue weighted by Crippen LogP contribution is 2.44. The molecule has 3 fully saturated rings. The molecular formula is C22H32N2O2. The molecule has 0 aromatic heterocycles. The minimum atomic E-state index is 0.391. The molecule has 1 aromatic carbocycles. The number of nitrogens with zero attached hydrogens (tertiary/aromatic N) is 2. The van der Waals surface area contributed by atoms with Crippen LogP contribution in [0.2, 0.25) is 0 Å². The van der Waals surface area contributed by atoms with Gasteiger partial charge in [-0.1, -0.05) is 37.8 Å². The average Bonchev–Trinajstić information content (AvgIpc) is 3.36. The lowest BCUT2D eigenvalue weighted by atomic mass is 9.89. The van der Waals surface area contributed by atoms with E-state index in [1.54, 1.807) is 7.11 Å². The van der Waals surface area contributed by atoms with Gasteiger partial charge in [-0.25, -0.2) is 0 Å². The number of ether oxygens (including phenoxy) is 1. The van der Waals surface area contributed by atoms with Crippen LogP contribution in [0.15, 0.2) is 24.3 Å². The number of amides is 1. The molecule has 1 aromatic rings. The van der Waals surface area contributed by atoms with Crippen molar-refractivity contribution in [3.63, 3.8) is 0 Å². The highest BCUT2D eigenvalue weighted by Gasteiger charge is 2.47. The Kier molecular flexibility index (Phi) is 5.21. The minimum Gasteiger partial charge on any atom is -0.497 e. The van der Waals surface area contributed by atoms with E-state index in [1.165, 1.54) is 31.2 Å². The van der Waals surface area contributed by atoms with E-state index < -0.39 is 0 Å². The van der Waals surface area contributed by atoms with Gasteiger partial charge in [0.2, 0.25) is 5.91 Å². The zero-order valence-corrected chi connectivity index (χ0v) is 16.2. The molecule has 1 amide bonds. The fourth-order valence-corrected chi connectivity index (χ4v) is 5.55. The Bertz CT molecular complexity index is 624. The molecule has 26 heavy (non-hydrogen) atoms. The van der Waals surface area contributed by atoms with Crippen LogP contribution < -0.4 is 4.74 Å². The third-order valence-electron chi connectivity index (χ3n) is 6.95. The molecule has 4 rings (SSSR count). The Labute approximate surface area is 157 Å². The van der Waals surface area contributed by atoms with Gasteiger partial charge in [0.15, 0.2) is 0 Å². The first kappa shape index (κ1) is 17.8. The quantitative estimate of drug-likeness (QED) is 0.806. The zero-order chi connectivity index (χ0) is 18.1. The highest BCUT2D eigenvalue weighted by atomic mass is 16.5. The van der Waals surface area contributed by atoms with E-state index in [0.717, 1.165) is 44.1 Å². The third kappa shape index (κ3) is 3.48. The predicted molar refractivity (Wildman–Crippen MR) is 103 cm³/mol. The number of carbonyl (C=O) groups is 1. The van der Waals surface area contributed by atoms with Gasteiger partial charge < -0.3 is 9.64 Å². The maximum absolute atomic E-state index is 12.7. The Morgan fingerprint density at radius 2 is 1.85 bits per heavy atom. The summed E-state index contributed by atoms with van der Waals surface area (Å²) < 4.78 is 5.30. The Morgan fingerprint density at radius 1 is 1.12 bits per heavy atom. The molecule has 2 heterocycles. The summed E-state index contributed by atoms with van der Waals surface area (Å²) in [7, 11) is 3.93. The van der Waals surface area contributed by atoms with Crippen LogP contribution in [-0.4, -0.2) is 49.5 Å². The second-order valence-electron chi connectivity index (χ2n) is 8.57. The first-order valence-corrected chi connectivity index (χ1v) is 10.3. The molecule has 3 atom stereocenters. The van der Waals surface area contributed by atoms with E-state index in [4.69, 9.17) is 4.74 Å². The van der Waals surface area contributed by atoms with Gasteiger partial charge in [-0.15, -0.1) is 0 Å². The van der Waals surface area contributed by atoms with Gasteiger partial charge in [0.05, 0.1) is 7.11 Å². The summed E-state index contributed by atoms with van der Waals surface area (Å²) in [4.78, 5) is 17.4. The molecule has 0 spiro atoms. The van der Waals surface area contributed by atoms with Crippen molar-refractivity contribution in [1.29, 1.82) is 0 Å². The normalized spacial score (nSPS) is 29.3. The smallest absolute Gasteiger partial charge is 0.222 e. The van der Waals surface area contributed by atoms with E-state index in [2.05, 4.69) is 41.1 Å². The molecule has 1 saturated carbocycles. The standard InChI is InChI=1S/C22H32N2O2/c1-23-13-18-14-24(21(25)12-7-16-5-3-4-6-16)15-20(18)22(23)17-8-10-19(26-2)11-9-17/h8-11,16,18,20,22H,3-7,12-15H2,1-2H3/t18-,20+,22+/m0/s1. The van der Waals surface area contributed by atoms with Crippen LogP contribution in [0.1, 0.15) is 50.1 Å². The average molecular weight is 357 g/mol. The molecule has 4 heteroatoms. The number of fused-ring (bicyclic) bond motifs is 1. The lowest BCUT2D eigenvalue weighted by molar-refractivity contribution is -0.130. The maximum atomic E-state index is 12.7. The van der Waals surface area contributed by atoms with Crippen molar-refractivity contribution < 1.29 is 9.53 Å². The van der Waals surface area contributed by atoms with Crippen molar-refractivity contribution in [2.75, 3.05) is 33.8 Å². The molecule has 0 radical (unpaired) electrons. The molecule has 0 N–H and O–H groups in total. The second-order valence-corrected chi connectivity index (χ2v) is 8.57. The minimum absolute atomic E-state index is 0.391. The van der Waals surface area contributed by atoms with E-state index in [0.29, 0.717) is 23.8 Å². The number of benzene rings is 1. The number of carbonyl (C=O) groups excluding carboxylic acids is 1. The fraction of sp³-hybridized carbons (Fsp3) is 0.682. The number of hydrogen-bond donors (Lipinski definition) is 0. The van der Waals surface area contributed by atoms with Crippen molar-refractivity contribution in [3.05, 3.63) is 29.8 Å². The first-order valence-electron chi connectivity index (χ1n) is 10.3. The van der Waals surface area contributed by atoms with Crippen molar-refractivity contribution in [2.45, 2.75) is 44.6 Å². The van der Waals surface area contributed by atoms with Crippen LogP contribution in [0.5, 0.6) is 5.75 Å².